The summed E-state index contributed by atoms with van der Waals surface area (Å²) >= 11 is 0. The molecule has 0 bridgehead atoms. The quantitative estimate of drug-likeness (QED) is 0.0710. The van der Waals surface area contributed by atoms with Gasteiger partial charge in [-0.1, -0.05) is 142 Å². The van der Waals surface area contributed by atoms with Crippen LogP contribution in [0, 0.1) is 0 Å². The van der Waals surface area contributed by atoms with Crippen LogP contribution in [0.15, 0.2) is 12.3 Å². The Kier molecular flexibility index (Phi) is 30.2. The van der Waals surface area contributed by atoms with E-state index in [4.69, 9.17) is 9.47 Å². The van der Waals surface area contributed by atoms with Crippen molar-refractivity contribution in [2.45, 2.75) is 168 Å². The first kappa shape index (κ1) is 35.5. The Labute approximate surface area is 228 Å². The molecule has 0 aromatic rings. The van der Waals surface area contributed by atoms with Crippen molar-refractivity contribution in [3.8, 4) is 0 Å². The fraction of sp³-hybridized carbons (Fsp3) is 0.939. The lowest BCUT2D eigenvalue weighted by Crippen LogP contribution is -2.36. The average molecular weight is 510 g/mol. The van der Waals surface area contributed by atoms with Crippen LogP contribution in [0.3, 0.4) is 0 Å². The molecule has 3 heteroatoms. The number of nitrogens with zero attached hydrogens (tertiary/aromatic N) is 1. The molecule has 0 fully saturated rings. The van der Waals surface area contributed by atoms with E-state index >= 15 is 0 Å². The van der Waals surface area contributed by atoms with Crippen molar-refractivity contribution in [1.82, 2.24) is 4.90 Å². The molecule has 0 heterocycles. The van der Waals surface area contributed by atoms with Gasteiger partial charge in [0.25, 0.3) is 0 Å². The van der Waals surface area contributed by atoms with Crippen molar-refractivity contribution in [3.05, 3.63) is 12.3 Å². The molecule has 0 aliphatic carbocycles. The van der Waals surface area contributed by atoms with Gasteiger partial charge in [-0.25, -0.2) is 0 Å². The van der Waals surface area contributed by atoms with Gasteiger partial charge < -0.3 is 14.4 Å². The molecule has 0 aromatic carbocycles. The maximum atomic E-state index is 5.86. The van der Waals surface area contributed by atoms with Crippen LogP contribution >= 0.6 is 0 Å². The summed E-state index contributed by atoms with van der Waals surface area (Å²) in [6.07, 6.45) is 36.1. The van der Waals surface area contributed by atoms with Crippen LogP contribution in [0.1, 0.15) is 162 Å². The topological polar surface area (TPSA) is 21.7 Å². The first-order valence-electron chi connectivity index (χ1n) is 16.2. The SMILES string of the molecule is CCCCCCCCCCCCCCCCCCCCC=COC[C@H](COCCCCCC)N(C)C. The van der Waals surface area contributed by atoms with Crippen LogP contribution in [0.2, 0.25) is 0 Å². The fourth-order valence-corrected chi connectivity index (χ4v) is 4.66. The highest BCUT2D eigenvalue weighted by Gasteiger charge is 2.11. The van der Waals surface area contributed by atoms with Crippen molar-refractivity contribution < 1.29 is 9.47 Å². The third-order valence-corrected chi connectivity index (χ3v) is 7.39. The normalized spacial score (nSPS) is 12.7. The molecule has 0 radical (unpaired) electrons. The molecule has 216 valence electrons. The minimum Gasteiger partial charge on any atom is -0.500 e. The lowest BCUT2D eigenvalue weighted by Gasteiger charge is -2.23. The van der Waals surface area contributed by atoms with Crippen molar-refractivity contribution in [1.29, 1.82) is 0 Å². The first-order chi connectivity index (χ1) is 17.7. The minimum atomic E-state index is 0.325. The largest absolute Gasteiger partial charge is 0.500 e. The first-order valence-corrected chi connectivity index (χ1v) is 16.2. The Balaban J connectivity index is 3.34. The number of ether oxygens (including phenoxy) is 2. The second-order valence-electron chi connectivity index (χ2n) is 11.3. The van der Waals surface area contributed by atoms with E-state index in [2.05, 4.69) is 38.9 Å². The fourth-order valence-electron chi connectivity index (χ4n) is 4.66. The van der Waals surface area contributed by atoms with Crippen LogP contribution in [-0.2, 0) is 9.47 Å². The molecule has 0 saturated heterocycles. The molecule has 0 aromatic heterocycles. The summed E-state index contributed by atoms with van der Waals surface area (Å²) in [4.78, 5) is 2.21. The van der Waals surface area contributed by atoms with E-state index in [0.717, 1.165) is 19.6 Å². The van der Waals surface area contributed by atoms with Crippen LogP contribution < -0.4 is 0 Å². The van der Waals surface area contributed by atoms with Gasteiger partial charge in [0.1, 0.15) is 6.61 Å². The predicted molar refractivity (Wildman–Crippen MR) is 161 cm³/mol. The van der Waals surface area contributed by atoms with Crippen molar-refractivity contribution in [2.75, 3.05) is 33.9 Å². The molecular formula is C33H67NO2. The number of likely N-dealkylation sites (N-methyl/N-ethyl adjacent to an activating group) is 1. The summed E-state index contributed by atoms with van der Waals surface area (Å²) in [6, 6.07) is 0.325. The van der Waals surface area contributed by atoms with Crippen LogP contribution in [-0.4, -0.2) is 44.9 Å². The van der Waals surface area contributed by atoms with Gasteiger partial charge in [0.15, 0.2) is 0 Å². The second-order valence-corrected chi connectivity index (χ2v) is 11.3. The van der Waals surface area contributed by atoms with Gasteiger partial charge in [0.2, 0.25) is 0 Å². The van der Waals surface area contributed by atoms with E-state index < -0.39 is 0 Å². The third-order valence-electron chi connectivity index (χ3n) is 7.39. The molecule has 0 aliphatic heterocycles. The van der Waals surface area contributed by atoms with Gasteiger partial charge in [-0.05, 0) is 39.4 Å². The number of rotatable bonds is 30. The molecule has 36 heavy (non-hydrogen) atoms. The van der Waals surface area contributed by atoms with E-state index in [1.165, 1.54) is 141 Å². The van der Waals surface area contributed by atoms with E-state index in [1.54, 1.807) is 0 Å². The maximum Gasteiger partial charge on any atom is 0.105 e. The van der Waals surface area contributed by atoms with E-state index in [-0.39, 0.29) is 0 Å². The van der Waals surface area contributed by atoms with Gasteiger partial charge in [0, 0.05) is 6.61 Å². The zero-order valence-electron chi connectivity index (χ0n) is 25.4. The Morgan fingerprint density at radius 3 is 1.39 bits per heavy atom. The van der Waals surface area contributed by atoms with Gasteiger partial charge in [-0.15, -0.1) is 0 Å². The molecule has 1 atom stereocenters. The van der Waals surface area contributed by atoms with Gasteiger partial charge in [-0.3, -0.25) is 0 Å². The summed E-state index contributed by atoms with van der Waals surface area (Å²) in [5.74, 6) is 0. The average Bonchev–Trinajstić information content (AvgIpc) is 2.87. The molecule has 3 nitrogen and oxygen atoms in total. The van der Waals surface area contributed by atoms with E-state index in [9.17, 15) is 0 Å². The lowest BCUT2D eigenvalue weighted by molar-refractivity contribution is 0.0453. The van der Waals surface area contributed by atoms with Crippen LogP contribution in [0.25, 0.3) is 0 Å². The van der Waals surface area contributed by atoms with Gasteiger partial charge in [0.05, 0.1) is 18.9 Å². The Morgan fingerprint density at radius 2 is 0.944 bits per heavy atom. The number of allylic oxidation sites excluding steroid dienone is 1. The number of hydrogen-bond acceptors (Lipinski definition) is 3. The van der Waals surface area contributed by atoms with E-state index in [0.29, 0.717) is 12.6 Å². The van der Waals surface area contributed by atoms with E-state index in [1.807, 2.05) is 6.26 Å². The highest BCUT2D eigenvalue weighted by atomic mass is 16.5. The van der Waals surface area contributed by atoms with Gasteiger partial charge >= 0.3 is 0 Å². The monoisotopic (exact) mass is 510 g/mol. The molecule has 0 rings (SSSR count). The summed E-state index contributed by atoms with van der Waals surface area (Å²) in [7, 11) is 4.21. The highest BCUT2D eigenvalue weighted by molar-refractivity contribution is 4.75. The number of unbranched alkanes of at least 4 members (excludes halogenated alkanes) is 21. The van der Waals surface area contributed by atoms with Gasteiger partial charge in [-0.2, -0.15) is 0 Å². The smallest absolute Gasteiger partial charge is 0.105 e. The number of hydrogen-bond donors (Lipinski definition) is 0. The summed E-state index contributed by atoms with van der Waals surface area (Å²) in [5.41, 5.74) is 0. The van der Waals surface area contributed by atoms with Crippen LogP contribution in [0.4, 0.5) is 0 Å². The van der Waals surface area contributed by atoms with Crippen molar-refractivity contribution >= 4 is 0 Å². The lowest BCUT2D eigenvalue weighted by atomic mass is 10.0. The molecular weight excluding hydrogens is 442 g/mol. The molecule has 0 N–H and O–H groups in total. The highest BCUT2D eigenvalue weighted by Crippen LogP contribution is 2.14. The minimum absolute atomic E-state index is 0.325. The molecule has 0 saturated carbocycles. The van der Waals surface area contributed by atoms with Crippen molar-refractivity contribution in [3.63, 3.8) is 0 Å². The standard InChI is InChI=1S/C33H67NO2/c1-5-7-9-11-12-13-14-15-16-17-18-19-20-21-22-23-24-25-26-28-30-36-32-33(34(3)4)31-35-29-27-10-8-6-2/h28,30,33H,5-27,29,31-32H2,1-4H3/t33-/m0/s1. The molecule has 0 unspecified atom stereocenters. The molecule has 0 spiro atoms. The zero-order valence-corrected chi connectivity index (χ0v) is 25.4. The Bertz CT molecular complexity index is 424. The Hall–Kier alpha value is -0.540. The molecule has 0 aliphatic rings. The van der Waals surface area contributed by atoms with Crippen molar-refractivity contribution in [2.24, 2.45) is 0 Å². The summed E-state index contributed by atoms with van der Waals surface area (Å²) in [6.45, 7) is 6.88. The Morgan fingerprint density at radius 1 is 0.528 bits per heavy atom. The zero-order chi connectivity index (χ0) is 26.4. The second kappa shape index (κ2) is 30.7. The van der Waals surface area contributed by atoms with Crippen LogP contribution in [0.5, 0.6) is 0 Å². The maximum absolute atomic E-state index is 5.86. The summed E-state index contributed by atoms with van der Waals surface area (Å²) in [5, 5.41) is 0. The predicted octanol–water partition coefficient (Wildman–Crippen LogP) is 10.5. The third kappa shape index (κ3) is 28.0. The summed E-state index contributed by atoms with van der Waals surface area (Å²) < 4.78 is 11.6. The molecule has 0 amide bonds.